The molecule has 2 aliphatic heterocycles. The summed E-state index contributed by atoms with van der Waals surface area (Å²) in [5, 5.41) is 11.7. The van der Waals surface area contributed by atoms with Crippen LogP contribution in [-0.2, 0) is 27.4 Å². The number of ether oxygens (including phenoxy) is 3. The lowest BCUT2D eigenvalue weighted by Gasteiger charge is -2.18. The summed E-state index contributed by atoms with van der Waals surface area (Å²) in [7, 11) is 2.15. The smallest absolute Gasteiger partial charge is 0.258 e. The number of benzene rings is 2. The topological polar surface area (TPSA) is 91.9 Å². The van der Waals surface area contributed by atoms with E-state index in [0.29, 0.717) is 19.0 Å². The molecule has 1 aromatic heterocycles. The number of rotatable bonds is 9. The Balaban J connectivity index is 1.12. The third kappa shape index (κ3) is 5.27. The average Bonchev–Trinajstić information content (AvgIpc) is 3.57. The van der Waals surface area contributed by atoms with Crippen molar-refractivity contribution >= 4 is 5.91 Å². The minimum absolute atomic E-state index is 0.0490. The molecular formula is C25H30N5O4+. The van der Waals surface area contributed by atoms with Crippen LogP contribution < -0.4 is 15.0 Å². The summed E-state index contributed by atoms with van der Waals surface area (Å²) in [4.78, 5) is 13.7. The molecule has 9 heteroatoms. The van der Waals surface area contributed by atoms with Crippen molar-refractivity contribution < 1.29 is 23.9 Å². The van der Waals surface area contributed by atoms with Crippen molar-refractivity contribution in [2.75, 3.05) is 26.9 Å². The largest absolute Gasteiger partial charge is 0.484 e. The molecule has 0 saturated carbocycles. The quantitative estimate of drug-likeness (QED) is 0.476. The van der Waals surface area contributed by atoms with Crippen LogP contribution in [0.5, 0.6) is 5.75 Å². The third-order valence-corrected chi connectivity index (χ3v) is 6.22. The first-order chi connectivity index (χ1) is 16.7. The predicted molar refractivity (Wildman–Crippen MR) is 123 cm³/mol. The van der Waals surface area contributed by atoms with E-state index in [1.54, 1.807) is 0 Å². The fourth-order valence-corrected chi connectivity index (χ4v) is 4.62. The van der Waals surface area contributed by atoms with Crippen molar-refractivity contribution in [3.63, 3.8) is 0 Å². The first-order valence-electron chi connectivity index (χ1n) is 11.6. The van der Waals surface area contributed by atoms with Gasteiger partial charge in [-0.2, -0.15) is 0 Å². The second kappa shape index (κ2) is 10.3. The molecule has 1 unspecified atom stereocenters. The Hall–Kier alpha value is -3.27. The lowest BCUT2D eigenvalue weighted by Crippen LogP contribution is -3.06. The number of aromatic nitrogens is 3. The number of quaternary nitrogens is 1. The minimum Gasteiger partial charge on any atom is -0.484 e. The average molecular weight is 465 g/mol. The molecule has 1 amide bonds. The Morgan fingerprint density at radius 2 is 1.79 bits per heavy atom. The molecule has 9 nitrogen and oxygen atoms in total. The summed E-state index contributed by atoms with van der Waals surface area (Å²) in [6, 6.07) is 19.4. The van der Waals surface area contributed by atoms with Gasteiger partial charge in [0.15, 0.2) is 6.61 Å². The van der Waals surface area contributed by atoms with Crippen molar-refractivity contribution in [1.82, 2.24) is 20.3 Å². The zero-order valence-electron chi connectivity index (χ0n) is 19.2. The van der Waals surface area contributed by atoms with Gasteiger partial charge in [0.05, 0.1) is 32.5 Å². The van der Waals surface area contributed by atoms with Crippen LogP contribution >= 0.6 is 0 Å². The fraction of sp³-hybridized carbons (Fsp3) is 0.400. The Bertz CT molecular complexity index is 1080. The highest BCUT2D eigenvalue weighted by Crippen LogP contribution is 2.33. The van der Waals surface area contributed by atoms with E-state index in [1.165, 1.54) is 10.5 Å². The highest BCUT2D eigenvalue weighted by molar-refractivity contribution is 5.78. The molecular weight excluding hydrogens is 434 g/mol. The highest BCUT2D eigenvalue weighted by atomic mass is 16.6. The van der Waals surface area contributed by atoms with Gasteiger partial charge < -0.3 is 24.4 Å². The van der Waals surface area contributed by atoms with E-state index in [2.05, 4.69) is 46.9 Å². The van der Waals surface area contributed by atoms with Gasteiger partial charge in [-0.1, -0.05) is 53.7 Å². The van der Waals surface area contributed by atoms with Crippen LogP contribution in [0.25, 0.3) is 0 Å². The summed E-state index contributed by atoms with van der Waals surface area (Å²) in [5.41, 5.74) is 2.22. The van der Waals surface area contributed by atoms with Gasteiger partial charge in [0.1, 0.15) is 42.8 Å². The molecule has 5 atom stereocenters. The van der Waals surface area contributed by atoms with Gasteiger partial charge in [-0.3, -0.25) is 4.79 Å². The second-order valence-corrected chi connectivity index (χ2v) is 8.93. The van der Waals surface area contributed by atoms with Crippen molar-refractivity contribution in [3.05, 3.63) is 78.1 Å². The number of para-hydroxylation sites is 1. The molecule has 2 fully saturated rings. The molecule has 2 aliphatic rings. The van der Waals surface area contributed by atoms with E-state index < -0.39 is 0 Å². The number of amides is 1. The van der Waals surface area contributed by atoms with Gasteiger partial charge in [0.25, 0.3) is 5.91 Å². The van der Waals surface area contributed by atoms with Gasteiger partial charge in [-0.25, -0.2) is 4.68 Å². The van der Waals surface area contributed by atoms with Crippen molar-refractivity contribution in [3.8, 4) is 5.75 Å². The maximum Gasteiger partial charge on any atom is 0.258 e. The Morgan fingerprint density at radius 1 is 1.06 bits per heavy atom. The summed E-state index contributed by atoms with van der Waals surface area (Å²) in [6.07, 6.45) is 1.59. The van der Waals surface area contributed by atoms with Crippen LogP contribution in [0.3, 0.4) is 0 Å². The van der Waals surface area contributed by atoms with E-state index >= 15 is 0 Å². The zero-order chi connectivity index (χ0) is 23.3. The lowest BCUT2D eigenvalue weighted by atomic mass is 10.1. The summed E-state index contributed by atoms with van der Waals surface area (Å²) in [6.45, 7) is 2.51. The molecule has 3 heterocycles. The SMILES string of the molecule is C[NH+](Cc1ccccc1)Cc1cn([C@H]2CO[C@H]3[C@@H]2OC[C@@H]3NC(=O)COc2ccccc2)nn1. The molecule has 0 bridgehead atoms. The first-order valence-corrected chi connectivity index (χ1v) is 11.6. The van der Waals surface area contributed by atoms with Gasteiger partial charge in [0.2, 0.25) is 0 Å². The molecule has 178 valence electrons. The second-order valence-electron chi connectivity index (χ2n) is 8.93. The van der Waals surface area contributed by atoms with Crippen LogP contribution in [0.2, 0.25) is 0 Å². The Morgan fingerprint density at radius 3 is 2.59 bits per heavy atom. The van der Waals surface area contributed by atoms with Crippen molar-refractivity contribution in [2.45, 2.75) is 37.4 Å². The maximum atomic E-state index is 12.4. The number of nitrogens with one attached hydrogen (secondary N) is 2. The number of hydrogen-bond donors (Lipinski definition) is 2. The van der Waals surface area contributed by atoms with Gasteiger partial charge in [-0.05, 0) is 12.1 Å². The van der Waals surface area contributed by atoms with Gasteiger partial charge >= 0.3 is 0 Å². The van der Waals surface area contributed by atoms with E-state index in [4.69, 9.17) is 14.2 Å². The molecule has 2 N–H and O–H groups in total. The number of nitrogens with zero attached hydrogens (tertiary/aromatic N) is 3. The molecule has 3 aromatic rings. The van der Waals surface area contributed by atoms with Gasteiger partial charge in [0, 0.05) is 5.56 Å². The molecule has 34 heavy (non-hydrogen) atoms. The Labute approximate surface area is 198 Å². The van der Waals surface area contributed by atoms with Crippen LogP contribution in [0.15, 0.2) is 66.9 Å². The van der Waals surface area contributed by atoms with Crippen molar-refractivity contribution in [2.24, 2.45) is 0 Å². The van der Waals surface area contributed by atoms with Crippen LogP contribution in [0.1, 0.15) is 17.3 Å². The minimum atomic E-state index is -0.218. The maximum absolute atomic E-state index is 12.4. The monoisotopic (exact) mass is 464 g/mol. The van der Waals surface area contributed by atoms with Crippen LogP contribution in [-0.4, -0.2) is 66.0 Å². The molecule has 2 saturated heterocycles. The molecule has 0 aliphatic carbocycles. The normalized spacial score (nSPS) is 24.5. The molecule has 0 spiro atoms. The number of hydrogen-bond acceptors (Lipinski definition) is 6. The predicted octanol–water partition coefficient (Wildman–Crippen LogP) is 0.396. The summed E-state index contributed by atoms with van der Waals surface area (Å²) in [5.74, 6) is 0.464. The van der Waals surface area contributed by atoms with Crippen molar-refractivity contribution in [1.29, 1.82) is 0 Å². The van der Waals surface area contributed by atoms with E-state index in [-0.39, 0.29) is 36.8 Å². The summed E-state index contributed by atoms with van der Waals surface area (Å²) >= 11 is 0. The van der Waals surface area contributed by atoms with Crippen LogP contribution in [0.4, 0.5) is 0 Å². The van der Waals surface area contributed by atoms with E-state index in [1.807, 2.05) is 47.3 Å². The first kappa shape index (κ1) is 22.5. The van der Waals surface area contributed by atoms with E-state index in [0.717, 1.165) is 18.8 Å². The zero-order valence-corrected chi connectivity index (χ0v) is 19.2. The number of fused-ring (bicyclic) bond motifs is 1. The molecule has 0 radical (unpaired) electrons. The third-order valence-electron chi connectivity index (χ3n) is 6.22. The van der Waals surface area contributed by atoms with Crippen LogP contribution in [0, 0.1) is 0 Å². The standard InChI is InChI=1S/C25H29N5O4/c1-29(12-18-8-4-2-5-9-18)13-19-14-30(28-27-19)22-16-34-24-21(15-33-25(22)24)26-23(31)17-32-20-10-6-3-7-11-20/h2-11,14,21-22,24-25H,12-13,15-17H2,1H3,(H,26,31)/p+1/t21-,22-,24+,25+/m0/s1. The summed E-state index contributed by atoms with van der Waals surface area (Å²) < 4.78 is 19.4. The Kier molecular flexibility index (Phi) is 6.84. The van der Waals surface area contributed by atoms with E-state index in [9.17, 15) is 4.79 Å². The lowest BCUT2D eigenvalue weighted by molar-refractivity contribution is -0.908. The fourth-order valence-electron chi connectivity index (χ4n) is 4.62. The van der Waals surface area contributed by atoms with Gasteiger partial charge in [-0.15, -0.1) is 5.10 Å². The number of carbonyl (C=O) groups is 1. The molecule has 5 rings (SSSR count). The number of carbonyl (C=O) groups excluding carboxylic acids is 1. The highest BCUT2D eigenvalue weighted by Gasteiger charge is 2.49. The molecule has 2 aromatic carbocycles.